The first-order chi connectivity index (χ1) is 9.71. The van der Waals surface area contributed by atoms with Gasteiger partial charge >= 0.3 is 0 Å². The molecule has 5 heteroatoms. The molecule has 0 radical (unpaired) electrons. The fraction of sp³-hybridized carbons (Fsp3) is 0.600. The van der Waals surface area contributed by atoms with Crippen LogP contribution in [0, 0.1) is 12.8 Å². The Morgan fingerprint density at radius 3 is 3.05 bits per heavy atom. The summed E-state index contributed by atoms with van der Waals surface area (Å²) in [5.41, 5.74) is 8.08. The zero-order valence-electron chi connectivity index (χ0n) is 12.3. The van der Waals surface area contributed by atoms with E-state index in [1.807, 2.05) is 10.7 Å². The largest absolute Gasteiger partial charge is 0.335 e. The smallest absolute Gasteiger partial charge is 0.245 e. The number of aromatic nitrogens is 3. The number of hydrogen-bond acceptors (Lipinski definition) is 4. The van der Waals surface area contributed by atoms with Crippen LogP contribution in [0.15, 0.2) is 18.3 Å². The molecule has 0 saturated carbocycles. The van der Waals surface area contributed by atoms with E-state index in [2.05, 4.69) is 41.0 Å². The number of piperidine rings is 1. The number of nitrogens with zero attached hydrogens (tertiary/aromatic N) is 4. The SMILES string of the molecule is CCC1CCN(c2nc3cc(C)ccn3n2)C(CN)C1. The number of anilines is 1. The highest BCUT2D eigenvalue weighted by Crippen LogP contribution is 2.27. The van der Waals surface area contributed by atoms with Crippen molar-refractivity contribution in [3.05, 3.63) is 23.9 Å². The Kier molecular flexibility index (Phi) is 3.61. The summed E-state index contributed by atoms with van der Waals surface area (Å²) >= 11 is 0. The third-order valence-corrected chi connectivity index (χ3v) is 4.41. The van der Waals surface area contributed by atoms with Gasteiger partial charge in [-0.05, 0) is 43.4 Å². The molecular formula is C15H23N5. The van der Waals surface area contributed by atoms with E-state index >= 15 is 0 Å². The Morgan fingerprint density at radius 1 is 1.45 bits per heavy atom. The molecule has 0 bridgehead atoms. The van der Waals surface area contributed by atoms with Gasteiger partial charge in [0.05, 0.1) is 0 Å². The molecule has 2 aromatic heterocycles. The third kappa shape index (κ3) is 2.38. The molecule has 2 unspecified atom stereocenters. The van der Waals surface area contributed by atoms with Crippen LogP contribution in [-0.2, 0) is 0 Å². The monoisotopic (exact) mass is 273 g/mol. The molecular weight excluding hydrogens is 250 g/mol. The number of fused-ring (bicyclic) bond motifs is 1. The minimum absolute atomic E-state index is 0.368. The fourth-order valence-electron chi connectivity index (χ4n) is 3.08. The molecule has 3 heterocycles. The van der Waals surface area contributed by atoms with Gasteiger partial charge in [-0.3, -0.25) is 0 Å². The Balaban J connectivity index is 1.89. The maximum atomic E-state index is 5.96. The van der Waals surface area contributed by atoms with E-state index in [0.717, 1.165) is 30.5 Å². The summed E-state index contributed by atoms with van der Waals surface area (Å²) in [6, 6.07) is 4.48. The predicted molar refractivity (Wildman–Crippen MR) is 80.9 cm³/mol. The van der Waals surface area contributed by atoms with Gasteiger partial charge in [0.15, 0.2) is 5.65 Å². The molecule has 0 aromatic carbocycles. The van der Waals surface area contributed by atoms with Crippen LogP contribution in [0.3, 0.4) is 0 Å². The van der Waals surface area contributed by atoms with E-state index in [1.54, 1.807) is 0 Å². The minimum atomic E-state index is 0.368. The van der Waals surface area contributed by atoms with Crippen LogP contribution in [0.2, 0.25) is 0 Å². The molecule has 2 N–H and O–H groups in total. The van der Waals surface area contributed by atoms with Crippen LogP contribution in [-0.4, -0.2) is 33.7 Å². The average Bonchev–Trinajstić information content (AvgIpc) is 2.89. The van der Waals surface area contributed by atoms with Crippen molar-refractivity contribution in [1.82, 2.24) is 14.6 Å². The molecule has 1 aliphatic heterocycles. The first-order valence-corrected chi connectivity index (χ1v) is 7.51. The van der Waals surface area contributed by atoms with Crippen LogP contribution in [0.25, 0.3) is 5.65 Å². The van der Waals surface area contributed by atoms with Crippen LogP contribution in [0.4, 0.5) is 5.95 Å². The number of aryl methyl sites for hydroxylation is 1. The molecule has 0 aliphatic carbocycles. The molecule has 3 rings (SSSR count). The van der Waals surface area contributed by atoms with E-state index in [9.17, 15) is 0 Å². The molecule has 0 amide bonds. The molecule has 2 aromatic rings. The van der Waals surface area contributed by atoms with Gasteiger partial charge in [-0.25, -0.2) is 4.52 Å². The van der Waals surface area contributed by atoms with Crippen molar-refractivity contribution in [2.45, 2.75) is 39.2 Å². The lowest BCUT2D eigenvalue weighted by Gasteiger charge is -2.38. The van der Waals surface area contributed by atoms with Crippen LogP contribution in [0.1, 0.15) is 31.7 Å². The van der Waals surface area contributed by atoms with Gasteiger partial charge < -0.3 is 10.6 Å². The van der Waals surface area contributed by atoms with E-state index in [1.165, 1.54) is 18.4 Å². The second kappa shape index (κ2) is 5.40. The second-order valence-corrected chi connectivity index (χ2v) is 5.80. The van der Waals surface area contributed by atoms with Crippen LogP contribution < -0.4 is 10.6 Å². The lowest BCUT2D eigenvalue weighted by atomic mass is 9.89. The van der Waals surface area contributed by atoms with Crippen LogP contribution >= 0.6 is 0 Å². The summed E-state index contributed by atoms with van der Waals surface area (Å²) in [5, 5.41) is 4.60. The summed E-state index contributed by atoms with van der Waals surface area (Å²) in [7, 11) is 0. The Hall–Kier alpha value is -1.62. The van der Waals surface area contributed by atoms with Gasteiger partial charge in [-0.1, -0.05) is 13.3 Å². The molecule has 5 nitrogen and oxygen atoms in total. The van der Waals surface area contributed by atoms with Crippen molar-refractivity contribution >= 4 is 11.6 Å². The van der Waals surface area contributed by atoms with Crippen molar-refractivity contribution < 1.29 is 0 Å². The lowest BCUT2D eigenvalue weighted by Crippen LogP contribution is -2.47. The summed E-state index contributed by atoms with van der Waals surface area (Å²) in [6.45, 7) is 6.02. The topological polar surface area (TPSA) is 59.5 Å². The first kappa shape index (κ1) is 13.4. The van der Waals surface area contributed by atoms with Crippen molar-refractivity contribution in [1.29, 1.82) is 0 Å². The van der Waals surface area contributed by atoms with Gasteiger partial charge in [0.1, 0.15) is 0 Å². The van der Waals surface area contributed by atoms with Gasteiger partial charge in [0.2, 0.25) is 5.95 Å². The molecule has 1 fully saturated rings. The summed E-state index contributed by atoms with van der Waals surface area (Å²) in [5.74, 6) is 1.61. The summed E-state index contributed by atoms with van der Waals surface area (Å²) in [6.07, 6.45) is 5.57. The van der Waals surface area contributed by atoms with E-state index in [-0.39, 0.29) is 0 Å². The first-order valence-electron chi connectivity index (χ1n) is 7.51. The molecule has 108 valence electrons. The van der Waals surface area contributed by atoms with Gasteiger partial charge in [0.25, 0.3) is 0 Å². The van der Waals surface area contributed by atoms with E-state index in [4.69, 9.17) is 5.73 Å². The zero-order valence-corrected chi connectivity index (χ0v) is 12.3. The normalized spacial score (nSPS) is 23.4. The fourth-order valence-corrected chi connectivity index (χ4v) is 3.08. The van der Waals surface area contributed by atoms with E-state index < -0.39 is 0 Å². The van der Waals surface area contributed by atoms with Crippen molar-refractivity contribution in [3.8, 4) is 0 Å². The number of rotatable bonds is 3. The highest BCUT2D eigenvalue weighted by atomic mass is 15.4. The van der Waals surface area contributed by atoms with Crippen molar-refractivity contribution in [2.24, 2.45) is 11.7 Å². The number of nitrogens with two attached hydrogens (primary N) is 1. The third-order valence-electron chi connectivity index (χ3n) is 4.41. The number of hydrogen-bond donors (Lipinski definition) is 1. The van der Waals surface area contributed by atoms with Crippen LogP contribution in [0.5, 0.6) is 0 Å². The molecule has 1 aliphatic rings. The minimum Gasteiger partial charge on any atom is -0.335 e. The molecule has 0 spiro atoms. The van der Waals surface area contributed by atoms with Crippen molar-refractivity contribution in [2.75, 3.05) is 18.0 Å². The highest BCUT2D eigenvalue weighted by Gasteiger charge is 2.29. The van der Waals surface area contributed by atoms with Crippen molar-refractivity contribution in [3.63, 3.8) is 0 Å². The highest BCUT2D eigenvalue weighted by molar-refractivity contribution is 5.47. The Labute approximate surface area is 119 Å². The zero-order chi connectivity index (χ0) is 14.1. The van der Waals surface area contributed by atoms with Gasteiger partial charge in [-0.15, -0.1) is 5.10 Å². The predicted octanol–water partition coefficient (Wildman–Crippen LogP) is 1.99. The summed E-state index contributed by atoms with van der Waals surface area (Å²) in [4.78, 5) is 6.95. The maximum Gasteiger partial charge on any atom is 0.245 e. The average molecular weight is 273 g/mol. The Morgan fingerprint density at radius 2 is 2.30 bits per heavy atom. The van der Waals surface area contributed by atoms with Gasteiger partial charge in [-0.2, -0.15) is 4.98 Å². The van der Waals surface area contributed by atoms with E-state index in [0.29, 0.717) is 12.6 Å². The maximum absolute atomic E-state index is 5.96. The molecule has 2 atom stereocenters. The second-order valence-electron chi connectivity index (χ2n) is 5.80. The standard InChI is InChI=1S/C15H23N5/c1-3-12-5-6-19(13(9-12)10-16)15-17-14-8-11(2)4-7-20(14)18-15/h4,7-8,12-13H,3,5-6,9-10,16H2,1-2H3. The van der Waals surface area contributed by atoms with Gasteiger partial charge in [0, 0.05) is 25.3 Å². The Bertz CT molecular complexity index is 591. The molecule has 20 heavy (non-hydrogen) atoms. The summed E-state index contributed by atoms with van der Waals surface area (Å²) < 4.78 is 1.85. The number of pyridine rings is 1. The molecule has 1 saturated heterocycles. The lowest BCUT2D eigenvalue weighted by molar-refractivity contribution is 0.333. The quantitative estimate of drug-likeness (QED) is 0.929.